The van der Waals surface area contributed by atoms with Gasteiger partial charge < -0.3 is 15.5 Å². The van der Waals surface area contributed by atoms with Crippen LogP contribution in [0.3, 0.4) is 0 Å². The Labute approximate surface area is 158 Å². The van der Waals surface area contributed by atoms with Gasteiger partial charge in [0.25, 0.3) is 5.91 Å². The molecular formula is C20H22FN3OS. The third-order valence-corrected chi connectivity index (χ3v) is 4.87. The van der Waals surface area contributed by atoms with E-state index in [1.165, 1.54) is 17.7 Å². The highest BCUT2D eigenvalue weighted by molar-refractivity contribution is 7.80. The largest absolute Gasteiger partial charge is 0.349 e. The molecule has 2 aromatic rings. The summed E-state index contributed by atoms with van der Waals surface area (Å²) in [4.78, 5) is 14.3. The average molecular weight is 371 g/mol. The van der Waals surface area contributed by atoms with E-state index in [1.807, 2.05) is 31.2 Å². The van der Waals surface area contributed by atoms with E-state index in [4.69, 9.17) is 12.2 Å². The van der Waals surface area contributed by atoms with Crippen molar-refractivity contribution in [2.24, 2.45) is 0 Å². The Kier molecular flexibility index (Phi) is 5.83. The van der Waals surface area contributed by atoms with Crippen LogP contribution < -0.4 is 10.6 Å². The molecule has 0 atom stereocenters. The summed E-state index contributed by atoms with van der Waals surface area (Å²) < 4.78 is 13.7. The molecule has 3 rings (SSSR count). The first-order chi connectivity index (χ1) is 12.5. The molecule has 0 aliphatic carbocycles. The van der Waals surface area contributed by atoms with Crippen LogP contribution in [0.2, 0.25) is 0 Å². The highest BCUT2D eigenvalue weighted by atomic mass is 32.1. The third kappa shape index (κ3) is 4.58. The third-order valence-electron chi connectivity index (χ3n) is 4.51. The summed E-state index contributed by atoms with van der Waals surface area (Å²) >= 11 is 5.50. The maximum atomic E-state index is 13.7. The lowest BCUT2D eigenvalue weighted by atomic mass is 10.0. The van der Waals surface area contributed by atoms with Gasteiger partial charge in [-0.3, -0.25) is 4.79 Å². The number of amides is 1. The highest BCUT2D eigenvalue weighted by Crippen LogP contribution is 2.15. The maximum Gasteiger partial charge on any atom is 0.254 e. The monoisotopic (exact) mass is 371 g/mol. The number of nitrogens with zero attached hydrogens (tertiary/aromatic N) is 1. The van der Waals surface area contributed by atoms with Gasteiger partial charge in [-0.05, 0) is 61.8 Å². The number of likely N-dealkylation sites (tertiary alicyclic amines) is 1. The number of carbonyl (C=O) groups excluding carboxylic acids is 1. The minimum Gasteiger partial charge on any atom is -0.349 e. The van der Waals surface area contributed by atoms with Crippen molar-refractivity contribution in [3.8, 4) is 0 Å². The van der Waals surface area contributed by atoms with E-state index < -0.39 is 5.82 Å². The van der Waals surface area contributed by atoms with E-state index in [2.05, 4.69) is 15.5 Å². The van der Waals surface area contributed by atoms with Gasteiger partial charge in [-0.15, -0.1) is 0 Å². The van der Waals surface area contributed by atoms with Gasteiger partial charge in [0.05, 0.1) is 5.56 Å². The van der Waals surface area contributed by atoms with Crippen molar-refractivity contribution in [1.82, 2.24) is 10.2 Å². The van der Waals surface area contributed by atoms with Gasteiger partial charge in [0, 0.05) is 24.8 Å². The van der Waals surface area contributed by atoms with Gasteiger partial charge in [0.2, 0.25) is 0 Å². The van der Waals surface area contributed by atoms with Gasteiger partial charge in [0.15, 0.2) is 5.11 Å². The number of aryl methyl sites for hydroxylation is 1. The highest BCUT2D eigenvalue weighted by Gasteiger charge is 2.23. The lowest BCUT2D eigenvalue weighted by Gasteiger charge is -2.34. The fourth-order valence-corrected chi connectivity index (χ4v) is 3.36. The second-order valence-corrected chi connectivity index (χ2v) is 6.90. The number of anilines is 1. The van der Waals surface area contributed by atoms with Crippen LogP contribution in [0.5, 0.6) is 0 Å². The predicted octanol–water partition coefficient (Wildman–Crippen LogP) is 3.73. The second kappa shape index (κ2) is 8.27. The van der Waals surface area contributed by atoms with Crippen LogP contribution in [0.4, 0.5) is 10.1 Å². The van der Waals surface area contributed by atoms with Crippen LogP contribution in [0, 0.1) is 12.7 Å². The summed E-state index contributed by atoms with van der Waals surface area (Å²) in [6.45, 7) is 3.54. The molecule has 1 saturated heterocycles. The number of thiocarbonyl (C=S) groups is 1. The molecule has 2 aromatic carbocycles. The molecule has 0 unspecified atom stereocenters. The van der Waals surface area contributed by atoms with Crippen molar-refractivity contribution in [2.45, 2.75) is 25.8 Å². The lowest BCUT2D eigenvalue weighted by Crippen LogP contribution is -2.47. The predicted molar refractivity (Wildman–Crippen MR) is 106 cm³/mol. The Morgan fingerprint density at radius 3 is 2.58 bits per heavy atom. The van der Waals surface area contributed by atoms with Crippen molar-refractivity contribution in [3.05, 3.63) is 65.5 Å². The first kappa shape index (κ1) is 18.3. The molecule has 136 valence electrons. The van der Waals surface area contributed by atoms with Gasteiger partial charge >= 0.3 is 0 Å². The van der Waals surface area contributed by atoms with Crippen LogP contribution in [0.1, 0.15) is 28.8 Å². The molecule has 26 heavy (non-hydrogen) atoms. The Balaban J connectivity index is 1.50. The summed E-state index contributed by atoms with van der Waals surface area (Å²) in [7, 11) is 0. The van der Waals surface area contributed by atoms with Gasteiger partial charge in [-0.25, -0.2) is 4.39 Å². The standard InChI is InChI=1S/C20H22FN3OS/c1-14-5-4-6-16(13-14)23-20(26)24-11-9-15(10-12-24)22-19(25)17-7-2-3-8-18(17)21/h2-8,13,15H,9-12H2,1H3,(H,22,25)(H,23,26). The minimum absolute atomic E-state index is 0.0279. The molecule has 0 saturated carbocycles. The van der Waals surface area contributed by atoms with E-state index >= 15 is 0 Å². The van der Waals surface area contributed by atoms with Crippen LogP contribution in [0.25, 0.3) is 0 Å². The number of carbonyl (C=O) groups is 1. The molecule has 1 aliphatic heterocycles. The molecule has 1 amide bonds. The number of nitrogens with one attached hydrogen (secondary N) is 2. The fraction of sp³-hybridized carbons (Fsp3) is 0.300. The Bertz CT molecular complexity index is 803. The van der Waals surface area contributed by atoms with Crippen LogP contribution >= 0.6 is 12.2 Å². The zero-order chi connectivity index (χ0) is 18.5. The van der Waals surface area contributed by atoms with Crippen LogP contribution in [-0.2, 0) is 0 Å². The minimum atomic E-state index is -0.494. The summed E-state index contributed by atoms with van der Waals surface area (Å²) in [5.41, 5.74) is 2.24. The summed E-state index contributed by atoms with van der Waals surface area (Å²) in [6.07, 6.45) is 1.55. The van der Waals surface area contributed by atoms with Crippen molar-refractivity contribution in [3.63, 3.8) is 0 Å². The van der Waals surface area contributed by atoms with Crippen LogP contribution in [0.15, 0.2) is 48.5 Å². The van der Waals surface area contributed by atoms with Crippen molar-refractivity contribution < 1.29 is 9.18 Å². The van der Waals surface area contributed by atoms with E-state index in [0.29, 0.717) is 5.11 Å². The molecule has 1 fully saturated rings. The zero-order valence-corrected chi connectivity index (χ0v) is 15.5. The van der Waals surface area contributed by atoms with Gasteiger partial charge in [-0.1, -0.05) is 24.3 Å². The van der Waals surface area contributed by atoms with Crippen molar-refractivity contribution in [2.75, 3.05) is 18.4 Å². The zero-order valence-electron chi connectivity index (χ0n) is 14.7. The first-order valence-electron chi connectivity index (χ1n) is 8.71. The lowest BCUT2D eigenvalue weighted by molar-refractivity contribution is 0.0918. The number of rotatable bonds is 3. The molecule has 0 spiro atoms. The number of piperidine rings is 1. The Morgan fingerprint density at radius 1 is 1.15 bits per heavy atom. The summed E-state index contributed by atoms with van der Waals surface area (Å²) in [5, 5.41) is 6.87. The maximum absolute atomic E-state index is 13.7. The quantitative estimate of drug-likeness (QED) is 0.807. The molecule has 6 heteroatoms. The summed E-state index contributed by atoms with van der Waals surface area (Å²) in [5.74, 6) is -0.854. The molecule has 1 aliphatic rings. The average Bonchev–Trinajstić information content (AvgIpc) is 2.62. The molecule has 0 aromatic heterocycles. The second-order valence-electron chi connectivity index (χ2n) is 6.51. The number of halogens is 1. The fourth-order valence-electron chi connectivity index (χ4n) is 3.06. The molecular weight excluding hydrogens is 349 g/mol. The van der Waals surface area contributed by atoms with Crippen molar-refractivity contribution in [1.29, 1.82) is 0 Å². The van der Waals surface area contributed by atoms with Gasteiger partial charge in [0.1, 0.15) is 5.82 Å². The normalized spacial score (nSPS) is 14.8. The Hall–Kier alpha value is -2.47. The number of benzene rings is 2. The van der Waals surface area contributed by atoms with E-state index in [0.717, 1.165) is 31.6 Å². The molecule has 1 heterocycles. The summed E-state index contributed by atoms with van der Waals surface area (Å²) in [6, 6.07) is 14.1. The topological polar surface area (TPSA) is 44.4 Å². The van der Waals surface area contributed by atoms with Crippen LogP contribution in [-0.4, -0.2) is 35.1 Å². The number of hydrogen-bond donors (Lipinski definition) is 2. The SMILES string of the molecule is Cc1cccc(NC(=S)N2CCC(NC(=O)c3ccccc3F)CC2)c1. The molecule has 0 radical (unpaired) electrons. The van der Waals surface area contributed by atoms with Gasteiger partial charge in [-0.2, -0.15) is 0 Å². The van der Waals surface area contributed by atoms with E-state index in [-0.39, 0.29) is 17.5 Å². The molecule has 0 bridgehead atoms. The molecule has 2 N–H and O–H groups in total. The Morgan fingerprint density at radius 2 is 1.88 bits per heavy atom. The number of hydrogen-bond acceptors (Lipinski definition) is 2. The first-order valence-corrected chi connectivity index (χ1v) is 9.12. The van der Waals surface area contributed by atoms with E-state index in [9.17, 15) is 9.18 Å². The molecule has 4 nitrogen and oxygen atoms in total. The smallest absolute Gasteiger partial charge is 0.254 e. The van der Waals surface area contributed by atoms with E-state index in [1.54, 1.807) is 12.1 Å². The van der Waals surface area contributed by atoms with Crippen molar-refractivity contribution >= 4 is 28.9 Å².